The van der Waals surface area contributed by atoms with Gasteiger partial charge in [-0.2, -0.15) is 0 Å². The van der Waals surface area contributed by atoms with E-state index < -0.39 is 0 Å². The Morgan fingerprint density at radius 1 is 1.41 bits per heavy atom. The Morgan fingerprint density at radius 3 is 2.76 bits per heavy atom. The van der Waals surface area contributed by atoms with E-state index >= 15 is 0 Å². The zero-order valence-electron chi connectivity index (χ0n) is 10.3. The SMILES string of the molecule is Cc1nc(N)cc(N(C)Cc2nccn2C)n1. The summed E-state index contributed by atoms with van der Waals surface area (Å²) >= 11 is 0. The molecule has 0 radical (unpaired) electrons. The summed E-state index contributed by atoms with van der Waals surface area (Å²) in [5, 5.41) is 0. The summed E-state index contributed by atoms with van der Waals surface area (Å²) in [6.45, 7) is 2.51. The predicted molar refractivity (Wildman–Crippen MR) is 66.5 cm³/mol. The maximum Gasteiger partial charge on any atom is 0.134 e. The normalized spacial score (nSPS) is 10.5. The van der Waals surface area contributed by atoms with Crippen LogP contribution in [0.4, 0.5) is 11.6 Å². The third-order valence-corrected chi connectivity index (χ3v) is 2.53. The molecule has 2 aromatic rings. The fourth-order valence-corrected chi connectivity index (χ4v) is 1.61. The smallest absolute Gasteiger partial charge is 0.134 e. The van der Waals surface area contributed by atoms with Crippen molar-refractivity contribution in [3.8, 4) is 0 Å². The molecule has 0 aliphatic heterocycles. The highest BCUT2D eigenvalue weighted by Crippen LogP contribution is 2.14. The molecule has 0 saturated heterocycles. The first kappa shape index (κ1) is 11.4. The van der Waals surface area contributed by atoms with Crippen molar-refractivity contribution < 1.29 is 0 Å². The van der Waals surface area contributed by atoms with Crippen molar-refractivity contribution in [3.05, 3.63) is 30.1 Å². The van der Waals surface area contributed by atoms with Gasteiger partial charge in [0, 0.05) is 32.6 Å². The molecule has 0 saturated carbocycles. The summed E-state index contributed by atoms with van der Waals surface area (Å²) in [4.78, 5) is 14.7. The van der Waals surface area contributed by atoms with Crippen molar-refractivity contribution in [1.29, 1.82) is 0 Å². The lowest BCUT2D eigenvalue weighted by molar-refractivity contribution is 0.753. The van der Waals surface area contributed by atoms with Crippen molar-refractivity contribution in [3.63, 3.8) is 0 Å². The number of anilines is 2. The van der Waals surface area contributed by atoms with Gasteiger partial charge in [-0.3, -0.25) is 0 Å². The van der Waals surface area contributed by atoms with Crippen LogP contribution in [0.25, 0.3) is 0 Å². The van der Waals surface area contributed by atoms with Crippen molar-refractivity contribution in [2.45, 2.75) is 13.5 Å². The quantitative estimate of drug-likeness (QED) is 0.844. The first-order chi connectivity index (χ1) is 8.06. The molecule has 2 rings (SSSR count). The monoisotopic (exact) mass is 232 g/mol. The predicted octanol–water partition coefficient (Wildman–Crippen LogP) is 0.737. The first-order valence-electron chi connectivity index (χ1n) is 5.35. The van der Waals surface area contributed by atoms with Crippen molar-refractivity contribution >= 4 is 11.6 Å². The van der Waals surface area contributed by atoms with Crippen LogP contribution in [0.15, 0.2) is 18.5 Å². The molecule has 0 spiro atoms. The number of nitrogens with zero attached hydrogens (tertiary/aromatic N) is 5. The van der Waals surface area contributed by atoms with Gasteiger partial charge in [-0.15, -0.1) is 0 Å². The van der Waals surface area contributed by atoms with Crippen molar-refractivity contribution in [2.75, 3.05) is 17.7 Å². The molecule has 0 bridgehead atoms. The average molecular weight is 232 g/mol. The van der Waals surface area contributed by atoms with Gasteiger partial charge in [0.2, 0.25) is 0 Å². The second-order valence-electron chi connectivity index (χ2n) is 4.01. The minimum atomic E-state index is 0.485. The summed E-state index contributed by atoms with van der Waals surface area (Å²) in [5.41, 5.74) is 5.70. The van der Waals surface area contributed by atoms with Crippen LogP contribution in [0.3, 0.4) is 0 Å². The molecule has 0 aliphatic carbocycles. The Bertz CT molecular complexity index is 498. The molecular weight excluding hydrogens is 216 g/mol. The molecule has 0 fully saturated rings. The maximum atomic E-state index is 5.70. The van der Waals surface area contributed by atoms with Crippen LogP contribution >= 0.6 is 0 Å². The molecule has 6 nitrogen and oxygen atoms in total. The molecule has 0 unspecified atom stereocenters. The summed E-state index contributed by atoms with van der Waals surface area (Å²) in [6.07, 6.45) is 3.70. The summed E-state index contributed by atoms with van der Waals surface area (Å²) in [5.74, 6) is 2.94. The van der Waals surface area contributed by atoms with Crippen LogP contribution in [-0.4, -0.2) is 26.6 Å². The number of nitrogens with two attached hydrogens (primary N) is 1. The fourth-order valence-electron chi connectivity index (χ4n) is 1.61. The van der Waals surface area contributed by atoms with Crippen molar-refractivity contribution in [2.24, 2.45) is 7.05 Å². The van der Waals surface area contributed by atoms with E-state index in [1.165, 1.54) is 0 Å². The summed E-state index contributed by atoms with van der Waals surface area (Å²) < 4.78 is 1.98. The summed E-state index contributed by atoms with van der Waals surface area (Å²) in [6, 6.07) is 1.76. The number of hydrogen-bond donors (Lipinski definition) is 1. The number of rotatable bonds is 3. The standard InChI is InChI=1S/C11H16N6/c1-8-14-9(12)6-10(15-8)17(3)7-11-13-4-5-16(11)2/h4-6H,7H2,1-3H3,(H2,12,14,15). The topological polar surface area (TPSA) is 72.9 Å². The van der Waals surface area contributed by atoms with Gasteiger partial charge in [-0.25, -0.2) is 15.0 Å². The van der Waals surface area contributed by atoms with Gasteiger partial charge in [0.05, 0.1) is 6.54 Å². The molecular formula is C11H16N6. The van der Waals surface area contributed by atoms with E-state index in [4.69, 9.17) is 5.73 Å². The van der Waals surface area contributed by atoms with Gasteiger partial charge in [-0.05, 0) is 6.92 Å². The number of imidazole rings is 1. The molecule has 90 valence electrons. The molecule has 2 heterocycles. The highest BCUT2D eigenvalue weighted by molar-refractivity contribution is 5.46. The Balaban J connectivity index is 2.20. The Morgan fingerprint density at radius 2 is 2.18 bits per heavy atom. The van der Waals surface area contributed by atoms with E-state index in [0.717, 1.165) is 11.6 Å². The van der Waals surface area contributed by atoms with Gasteiger partial charge in [0.1, 0.15) is 23.3 Å². The zero-order valence-corrected chi connectivity index (χ0v) is 10.3. The Labute approximate surface area is 100 Å². The molecule has 0 atom stereocenters. The first-order valence-corrected chi connectivity index (χ1v) is 5.35. The molecule has 2 N–H and O–H groups in total. The average Bonchev–Trinajstić information content (AvgIpc) is 2.63. The van der Waals surface area contributed by atoms with Gasteiger partial charge in [-0.1, -0.05) is 0 Å². The number of hydrogen-bond acceptors (Lipinski definition) is 5. The van der Waals surface area contributed by atoms with Crippen LogP contribution in [0.1, 0.15) is 11.6 Å². The summed E-state index contributed by atoms with van der Waals surface area (Å²) in [7, 11) is 3.92. The van der Waals surface area contributed by atoms with Gasteiger partial charge < -0.3 is 15.2 Å². The lowest BCUT2D eigenvalue weighted by Gasteiger charge is -2.18. The van der Waals surface area contributed by atoms with E-state index in [-0.39, 0.29) is 0 Å². The largest absolute Gasteiger partial charge is 0.384 e. The Hall–Kier alpha value is -2.11. The maximum absolute atomic E-state index is 5.70. The van der Waals surface area contributed by atoms with Crippen LogP contribution in [-0.2, 0) is 13.6 Å². The highest BCUT2D eigenvalue weighted by Gasteiger charge is 2.08. The van der Waals surface area contributed by atoms with Crippen LogP contribution < -0.4 is 10.6 Å². The number of aryl methyl sites for hydroxylation is 2. The second-order valence-corrected chi connectivity index (χ2v) is 4.01. The number of nitrogen functional groups attached to an aromatic ring is 1. The van der Waals surface area contributed by atoms with Gasteiger partial charge in [0.15, 0.2) is 0 Å². The molecule has 2 aromatic heterocycles. The van der Waals surface area contributed by atoms with Gasteiger partial charge in [0.25, 0.3) is 0 Å². The second kappa shape index (κ2) is 4.40. The van der Waals surface area contributed by atoms with Crippen molar-refractivity contribution in [1.82, 2.24) is 19.5 Å². The van der Waals surface area contributed by atoms with Crippen LogP contribution in [0.2, 0.25) is 0 Å². The van der Waals surface area contributed by atoms with Gasteiger partial charge >= 0.3 is 0 Å². The van der Waals surface area contributed by atoms with Crippen LogP contribution in [0.5, 0.6) is 0 Å². The fraction of sp³-hybridized carbons (Fsp3) is 0.364. The van der Waals surface area contributed by atoms with E-state index in [0.29, 0.717) is 18.2 Å². The zero-order chi connectivity index (χ0) is 12.4. The molecule has 0 amide bonds. The minimum absolute atomic E-state index is 0.485. The third-order valence-electron chi connectivity index (χ3n) is 2.53. The molecule has 17 heavy (non-hydrogen) atoms. The number of aromatic nitrogens is 4. The third kappa shape index (κ3) is 2.52. The van der Waals surface area contributed by atoms with E-state index in [2.05, 4.69) is 15.0 Å². The van der Waals surface area contributed by atoms with E-state index in [1.54, 1.807) is 12.3 Å². The highest BCUT2D eigenvalue weighted by atomic mass is 15.2. The van der Waals surface area contributed by atoms with E-state index in [1.807, 2.05) is 36.7 Å². The Kier molecular flexibility index (Phi) is 2.95. The van der Waals surface area contributed by atoms with Crippen LogP contribution in [0, 0.1) is 6.92 Å². The molecule has 0 aliphatic rings. The van der Waals surface area contributed by atoms with E-state index in [9.17, 15) is 0 Å². The molecule has 0 aromatic carbocycles. The molecule has 6 heteroatoms. The lowest BCUT2D eigenvalue weighted by Crippen LogP contribution is -2.20. The lowest BCUT2D eigenvalue weighted by atomic mass is 10.4. The minimum Gasteiger partial charge on any atom is -0.384 e.